The maximum absolute atomic E-state index is 12.3. The van der Waals surface area contributed by atoms with Gasteiger partial charge in [0.2, 0.25) is 10.0 Å². The summed E-state index contributed by atoms with van der Waals surface area (Å²) in [5.41, 5.74) is 1.16. The van der Waals surface area contributed by atoms with Gasteiger partial charge in [-0.15, -0.1) is 0 Å². The van der Waals surface area contributed by atoms with Crippen LogP contribution in [-0.2, 0) is 16.6 Å². The number of furan rings is 1. The zero-order valence-corrected chi connectivity index (χ0v) is 16.3. The smallest absolute Gasteiger partial charge is 0.251 e. The number of sulfonamides is 1. The highest BCUT2D eigenvalue weighted by Gasteiger charge is 2.22. The van der Waals surface area contributed by atoms with E-state index in [0.717, 1.165) is 21.4 Å². The van der Waals surface area contributed by atoms with Gasteiger partial charge in [-0.25, -0.2) is 12.7 Å². The molecule has 0 saturated carbocycles. The van der Waals surface area contributed by atoms with Crippen LogP contribution in [0, 0.1) is 13.8 Å². The molecule has 0 spiro atoms. The minimum Gasteiger partial charge on any atom is -0.466 e. The predicted octanol–water partition coefficient (Wildman–Crippen LogP) is 2.84. The van der Waals surface area contributed by atoms with Crippen LogP contribution in [0.25, 0.3) is 0 Å². The minimum atomic E-state index is -3.64. The molecule has 0 unspecified atom stereocenters. The fourth-order valence-electron chi connectivity index (χ4n) is 2.18. The van der Waals surface area contributed by atoms with Gasteiger partial charge in [0.05, 0.1) is 4.90 Å². The van der Waals surface area contributed by atoms with Crippen molar-refractivity contribution in [3.8, 4) is 0 Å². The number of amides is 1. The van der Waals surface area contributed by atoms with Crippen molar-refractivity contribution in [2.24, 2.45) is 0 Å². The Morgan fingerprint density at radius 2 is 1.92 bits per heavy atom. The van der Waals surface area contributed by atoms with Crippen molar-refractivity contribution in [2.75, 3.05) is 14.1 Å². The zero-order valence-electron chi connectivity index (χ0n) is 13.9. The van der Waals surface area contributed by atoms with E-state index in [1.807, 2.05) is 19.9 Å². The van der Waals surface area contributed by atoms with E-state index < -0.39 is 10.0 Å². The van der Waals surface area contributed by atoms with Crippen molar-refractivity contribution in [2.45, 2.75) is 25.3 Å². The molecule has 0 bridgehead atoms. The summed E-state index contributed by atoms with van der Waals surface area (Å²) in [5.74, 6) is 1.18. The average Bonchev–Trinajstić information content (AvgIpc) is 2.82. The number of nitrogens with zero attached hydrogens (tertiary/aromatic N) is 1. The third-order valence-electron chi connectivity index (χ3n) is 3.54. The van der Waals surface area contributed by atoms with Gasteiger partial charge >= 0.3 is 0 Å². The zero-order chi connectivity index (χ0) is 18.1. The second-order valence-electron chi connectivity index (χ2n) is 5.55. The Balaban J connectivity index is 2.23. The molecule has 0 saturated heterocycles. The lowest BCUT2D eigenvalue weighted by Crippen LogP contribution is -2.25. The van der Waals surface area contributed by atoms with Crippen molar-refractivity contribution in [3.63, 3.8) is 0 Å². The van der Waals surface area contributed by atoms with E-state index >= 15 is 0 Å². The van der Waals surface area contributed by atoms with Gasteiger partial charge in [-0.1, -0.05) is 0 Å². The molecule has 1 N–H and O–H groups in total. The molecule has 0 fully saturated rings. The lowest BCUT2D eigenvalue weighted by Gasteiger charge is -2.14. The molecule has 1 aromatic heterocycles. The van der Waals surface area contributed by atoms with E-state index in [2.05, 4.69) is 21.2 Å². The molecule has 2 rings (SSSR count). The fourth-order valence-corrected chi connectivity index (χ4v) is 4.02. The van der Waals surface area contributed by atoms with Gasteiger partial charge in [0, 0.05) is 36.2 Å². The van der Waals surface area contributed by atoms with Gasteiger partial charge in [-0.2, -0.15) is 0 Å². The highest BCUT2D eigenvalue weighted by Crippen LogP contribution is 2.25. The SMILES string of the molecule is Cc1cc(CNC(=O)c2ccc(Br)c(S(=O)(=O)N(C)C)c2)c(C)o1. The van der Waals surface area contributed by atoms with Gasteiger partial charge < -0.3 is 9.73 Å². The minimum absolute atomic E-state index is 0.0514. The maximum atomic E-state index is 12.3. The average molecular weight is 415 g/mol. The molecule has 1 aromatic carbocycles. The molecule has 2 aromatic rings. The number of carbonyl (C=O) groups excluding carboxylic acids is 1. The number of benzene rings is 1. The molecule has 0 atom stereocenters. The van der Waals surface area contributed by atoms with Gasteiger partial charge in [0.15, 0.2) is 0 Å². The molecule has 0 aliphatic rings. The maximum Gasteiger partial charge on any atom is 0.251 e. The van der Waals surface area contributed by atoms with E-state index in [1.165, 1.54) is 20.2 Å². The first-order chi connectivity index (χ1) is 11.1. The largest absolute Gasteiger partial charge is 0.466 e. The van der Waals surface area contributed by atoms with Gasteiger partial charge in [-0.3, -0.25) is 4.79 Å². The number of halogens is 1. The summed E-state index contributed by atoms with van der Waals surface area (Å²) in [6.07, 6.45) is 0. The lowest BCUT2D eigenvalue weighted by atomic mass is 10.2. The van der Waals surface area contributed by atoms with Crippen LogP contribution < -0.4 is 5.32 Å². The van der Waals surface area contributed by atoms with Crippen molar-refractivity contribution in [1.82, 2.24) is 9.62 Å². The Morgan fingerprint density at radius 1 is 1.25 bits per heavy atom. The molecule has 0 radical (unpaired) electrons. The quantitative estimate of drug-likeness (QED) is 0.815. The van der Waals surface area contributed by atoms with Crippen LogP contribution >= 0.6 is 15.9 Å². The van der Waals surface area contributed by atoms with Crippen LogP contribution in [0.5, 0.6) is 0 Å². The highest BCUT2D eigenvalue weighted by molar-refractivity contribution is 9.10. The Morgan fingerprint density at radius 3 is 2.46 bits per heavy atom. The summed E-state index contributed by atoms with van der Waals surface area (Å²) < 4.78 is 31.5. The summed E-state index contributed by atoms with van der Waals surface area (Å²) in [5, 5.41) is 2.77. The van der Waals surface area contributed by atoms with Crippen LogP contribution in [0.15, 0.2) is 38.1 Å². The Labute approximate surface area is 150 Å². The molecular weight excluding hydrogens is 396 g/mol. The molecule has 1 heterocycles. The molecule has 130 valence electrons. The summed E-state index contributed by atoms with van der Waals surface area (Å²) in [6, 6.07) is 6.35. The predicted molar refractivity (Wildman–Crippen MR) is 94.4 cm³/mol. The van der Waals surface area contributed by atoms with Crippen LogP contribution in [0.3, 0.4) is 0 Å². The number of aryl methyl sites for hydroxylation is 2. The normalized spacial score (nSPS) is 11.8. The monoisotopic (exact) mass is 414 g/mol. The second kappa shape index (κ2) is 7.08. The Kier molecular flexibility index (Phi) is 5.52. The second-order valence-corrected chi connectivity index (χ2v) is 8.53. The van der Waals surface area contributed by atoms with Crippen LogP contribution in [0.1, 0.15) is 27.4 Å². The summed E-state index contributed by atoms with van der Waals surface area (Å²) >= 11 is 3.22. The standard InChI is InChI=1S/C16H19BrN2O4S/c1-10-7-13(11(2)23-10)9-18-16(20)12-5-6-14(17)15(8-12)24(21,22)19(3)4/h5-8H,9H2,1-4H3,(H,18,20). The van der Waals surface area contributed by atoms with Crippen LogP contribution in [0.2, 0.25) is 0 Å². The number of nitrogens with one attached hydrogen (secondary N) is 1. The summed E-state index contributed by atoms with van der Waals surface area (Å²) in [7, 11) is -0.757. The molecular formula is C16H19BrN2O4S. The number of rotatable bonds is 5. The molecule has 24 heavy (non-hydrogen) atoms. The van der Waals surface area contributed by atoms with Gasteiger partial charge in [0.1, 0.15) is 11.5 Å². The van der Waals surface area contributed by atoms with E-state index in [0.29, 0.717) is 11.0 Å². The Hall–Kier alpha value is -1.64. The molecule has 8 heteroatoms. The van der Waals surface area contributed by atoms with Gasteiger partial charge in [0.25, 0.3) is 5.91 Å². The van der Waals surface area contributed by atoms with Crippen molar-refractivity contribution in [3.05, 3.63) is 51.4 Å². The lowest BCUT2D eigenvalue weighted by molar-refractivity contribution is 0.0950. The van der Waals surface area contributed by atoms with E-state index in [-0.39, 0.29) is 16.4 Å². The fraction of sp³-hybridized carbons (Fsp3) is 0.312. The third kappa shape index (κ3) is 3.88. The Bertz CT molecular complexity index is 872. The van der Waals surface area contributed by atoms with Crippen molar-refractivity contribution >= 4 is 31.9 Å². The molecule has 1 amide bonds. The molecule has 0 aliphatic heterocycles. The summed E-state index contributed by atoms with van der Waals surface area (Å²) in [6.45, 7) is 3.98. The van der Waals surface area contributed by atoms with Crippen molar-refractivity contribution < 1.29 is 17.6 Å². The highest BCUT2D eigenvalue weighted by atomic mass is 79.9. The number of carbonyl (C=O) groups is 1. The first kappa shape index (κ1) is 18.7. The number of hydrogen-bond donors (Lipinski definition) is 1. The van der Waals surface area contributed by atoms with Crippen molar-refractivity contribution in [1.29, 1.82) is 0 Å². The summed E-state index contributed by atoms with van der Waals surface area (Å²) in [4.78, 5) is 12.4. The molecule has 6 nitrogen and oxygen atoms in total. The molecule has 0 aliphatic carbocycles. The van der Waals surface area contributed by atoms with Gasteiger partial charge in [-0.05, 0) is 54.0 Å². The first-order valence-electron chi connectivity index (χ1n) is 7.19. The van der Waals surface area contributed by atoms with Crippen LogP contribution in [0.4, 0.5) is 0 Å². The first-order valence-corrected chi connectivity index (χ1v) is 9.42. The number of hydrogen-bond acceptors (Lipinski definition) is 4. The van der Waals surface area contributed by atoms with E-state index in [1.54, 1.807) is 12.1 Å². The van der Waals surface area contributed by atoms with Crippen LogP contribution in [-0.4, -0.2) is 32.7 Å². The van der Waals surface area contributed by atoms with E-state index in [9.17, 15) is 13.2 Å². The third-order valence-corrected chi connectivity index (χ3v) is 6.34. The topological polar surface area (TPSA) is 79.6 Å². The van der Waals surface area contributed by atoms with E-state index in [4.69, 9.17) is 4.42 Å².